The Hall–Kier alpha value is -1.38. The number of carbonyl (C=O) groups excluding carboxylic acids is 1. The number of hydrogen-bond donors (Lipinski definition) is 0. The molecule has 1 aliphatic rings. The van der Waals surface area contributed by atoms with Crippen LogP contribution < -0.4 is 4.74 Å². The first-order valence-electron chi connectivity index (χ1n) is 10.9. The third-order valence-electron chi connectivity index (χ3n) is 5.70. The fourth-order valence-corrected chi connectivity index (χ4v) is 3.91. The van der Waals surface area contributed by atoms with E-state index < -0.39 is 0 Å². The van der Waals surface area contributed by atoms with Gasteiger partial charge >= 0.3 is 5.97 Å². The first-order chi connectivity index (χ1) is 12.7. The summed E-state index contributed by atoms with van der Waals surface area (Å²) in [5.41, 5.74) is 1.10. The van der Waals surface area contributed by atoms with Crippen LogP contribution in [0.3, 0.4) is 0 Å². The van der Waals surface area contributed by atoms with Crippen LogP contribution in [0.1, 0.15) is 96.6 Å². The minimum Gasteiger partial charge on any atom is -0.425 e. The average molecular weight is 360 g/mol. The van der Waals surface area contributed by atoms with Crippen molar-refractivity contribution in [2.24, 2.45) is 11.8 Å². The van der Waals surface area contributed by atoms with E-state index in [0.29, 0.717) is 5.75 Å². The molecule has 1 fully saturated rings. The number of pyridine rings is 1. The van der Waals surface area contributed by atoms with Gasteiger partial charge in [0.15, 0.2) is 0 Å². The molecule has 0 radical (unpaired) electrons. The maximum atomic E-state index is 12.4. The van der Waals surface area contributed by atoms with Crippen LogP contribution in [0, 0.1) is 11.8 Å². The van der Waals surface area contributed by atoms with Gasteiger partial charge in [0.05, 0.1) is 12.1 Å². The Morgan fingerprint density at radius 2 is 1.73 bits per heavy atom. The van der Waals surface area contributed by atoms with Gasteiger partial charge in [0.2, 0.25) is 0 Å². The fourth-order valence-electron chi connectivity index (χ4n) is 3.91. The van der Waals surface area contributed by atoms with Crippen LogP contribution in [0.4, 0.5) is 0 Å². The van der Waals surface area contributed by atoms with Crippen LogP contribution in [0.15, 0.2) is 18.3 Å². The number of nitrogens with zero attached hydrogens (tertiary/aromatic N) is 1. The minimum atomic E-state index is -0.0620. The lowest BCUT2D eigenvalue weighted by Crippen LogP contribution is -2.25. The monoisotopic (exact) mass is 359 g/mol. The summed E-state index contributed by atoms with van der Waals surface area (Å²) in [6.07, 6.45) is 17.3. The number of unbranched alkanes of at least 4 members (excludes halogenated alkanes) is 5. The van der Waals surface area contributed by atoms with E-state index >= 15 is 0 Å². The van der Waals surface area contributed by atoms with Crippen molar-refractivity contribution in [2.75, 3.05) is 0 Å². The topological polar surface area (TPSA) is 39.2 Å². The van der Waals surface area contributed by atoms with E-state index in [1.807, 2.05) is 12.1 Å². The smallest absolute Gasteiger partial charge is 0.314 e. The van der Waals surface area contributed by atoms with Gasteiger partial charge in [-0.3, -0.25) is 9.78 Å². The summed E-state index contributed by atoms with van der Waals surface area (Å²) in [5.74, 6) is 1.43. The van der Waals surface area contributed by atoms with Crippen LogP contribution in [-0.4, -0.2) is 11.0 Å². The normalized spacial score (nSPS) is 20.1. The van der Waals surface area contributed by atoms with E-state index in [9.17, 15) is 4.79 Å². The van der Waals surface area contributed by atoms with Crippen molar-refractivity contribution < 1.29 is 9.53 Å². The summed E-state index contributed by atoms with van der Waals surface area (Å²) in [7, 11) is 0. The first kappa shape index (κ1) is 20.9. The Balaban J connectivity index is 1.69. The largest absolute Gasteiger partial charge is 0.425 e. The molecule has 0 bridgehead atoms. The Bertz CT molecular complexity index is 503. The van der Waals surface area contributed by atoms with Gasteiger partial charge in [-0.05, 0) is 56.6 Å². The number of rotatable bonds is 11. The van der Waals surface area contributed by atoms with Crippen molar-refractivity contribution in [2.45, 2.75) is 97.3 Å². The second-order valence-corrected chi connectivity index (χ2v) is 7.93. The molecule has 0 aliphatic heterocycles. The highest BCUT2D eigenvalue weighted by molar-refractivity contribution is 5.75. The summed E-state index contributed by atoms with van der Waals surface area (Å²) in [4.78, 5) is 16.9. The van der Waals surface area contributed by atoms with Gasteiger partial charge in [0.1, 0.15) is 5.75 Å². The van der Waals surface area contributed by atoms with E-state index in [-0.39, 0.29) is 11.9 Å². The maximum Gasteiger partial charge on any atom is 0.314 e. The third-order valence-corrected chi connectivity index (χ3v) is 5.70. The van der Waals surface area contributed by atoms with E-state index in [2.05, 4.69) is 18.8 Å². The quantitative estimate of drug-likeness (QED) is 0.334. The molecule has 146 valence electrons. The highest BCUT2D eigenvalue weighted by atomic mass is 16.5. The van der Waals surface area contributed by atoms with Crippen molar-refractivity contribution >= 4 is 5.97 Å². The van der Waals surface area contributed by atoms with Crippen LogP contribution in [0.25, 0.3) is 0 Å². The van der Waals surface area contributed by atoms with E-state index in [1.54, 1.807) is 6.20 Å². The summed E-state index contributed by atoms with van der Waals surface area (Å²) in [6, 6.07) is 3.91. The lowest BCUT2D eigenvalue weighted by Gasteiger charge is -2.27. The number of ether oxygens (including phenoxy) is 1. The Morgan fingerprint density at radius 1 is 1.00 bits per heavy atom. The van der Waals surface area contributed by atoms with Crippen LogP contribution >= 0.6 is 0 Å². The molecule has 1 saturated carbocycles. The zero-order valence-electron chi connectivity index (χ0n) is 16.8. The molecule has 1 aromatic rings. The predicted octanol–water partition coefficient (Wildman–Crippen LogP) is 6.50. The van der Waals surface area contributed by atoms with Gasteiger partial charge in [-0.2, -0.15) is 0 Å². The van der Waals surface area contributed by atoms with E-state index in [1.165, 1.54) is 64.2 Å². The molecule has 0 N–H and O–H groups in total. The molecule has 1 aromatic heterocycles. The molecule has 1 aliphatic carbocycles. The maximum absolute atomic E-state index is 12.4. The minimum absolute atomic E-state index is 0.0620. The summed E-state index contributed by atoms with van der Waals surface area (Å²) < 4.78 is 5.58. The van der Waals surface area contributed by atoms with Crippen LogP contribution in [0.5, 0.6) is 5.75 Å². The second-order valence-electron chi connectivity index (χ2n) is 7.93. The van der Waals surface area contributed by atoms with E-state index in [0.717, 1.165) is 30.9 Å². The molecule has 1 heterocycles. The number of esters is 1. The molecule has 0 spiro atoms. The van der Waals surface area contributed by atoms with Crippen LogP contribution in [0.2, 0.25) is 0 Å². The number of aryl methyl sites for hydroxylation is 1. The highest BCUT2D eigenvalue weighted by Gasteiger charge is 2.27. The van der Waals surface area contributed by atoms with Gasteiger partial charge in [-0.1, -0.05) is 58.8 Å². The summed E-state index contributed by atoms with van der Waals surface area (Å²) in [5, 5.41) is 0. The highest BCUT2D eigenvalue weighted by Crippen LogP contribution is 2.32. The lowest BCUT2D eigenvalue weighted by molar-refractivity contribution is -0.140. The standard InChI is InChI=1S/C23H37NO2/c1-3-5-7-8-9-11-21-16-17-22(18-24-21)26-23(25)20-14-12-19(13-15-20)10-6-4-2/h16-20H,3-15H2,1-2H3. The summed E-state index contributed by atoms with van der Waals surface area (Å²) >= 11 is 0. The van der Waals surface area contributed by atoms with Crippen molar-refractivity contribution in [1.29, 1.82) is 0 Å². The molecular weight excluding hydrogens is 322 g/mol. The molecule has 3 nitrogen and oxygen atoms in total. The zero-order valence-corrected chi connectivity index (χ0v) is 16.8. The van der Waals surface area contributed by atoms with Gasteiger partial charge in [-0.25, -0.2) is 0 Å². The number of aromatic nitrogens is 1. The molecule has 0 amide bonds. The molecule has 26 heavy (non-hydrogen) atoms. The molecule has 0 unspecified atom stereocenters. The second kappa shape index (κ2) is 12.1. The fraction of sp³-hybridized carbons (Fsp3) is 0.739. The SMILES string of the molecule is CCCCCCCc1ccc(OC(=O)C2CCC(CCCC)CC2)cn1. The Morgan fingerprint density at radius 3 is 2.38 bits per heavy atom. The van der Waals surface area contributed by atoms with Crippen molar-refractivity contribution in [1.82, 2.24) is 4.98 Å². The van der Waals surface area contributed by atoms with E-state index in [4.69, 9.17) is 4.74 Å². The first-order valence-corrected chi connectivity index (χ1v) is 10.9. The predicted molar refractivity (Wildman–Crippen MR) is 107 cm³/mol. The summed E-state index contributed by atoms with van der Waals surface area (Å²) in [6.45, 7) is 4.48. The average Bonchev–Trinajstić information content (AvgIpc) is 2.68. The Labute approximate surface area is 159 Å². The molecule has 0 aromatic carbocycles. The van der Waals surface area contributed by atoms with Crippen LogP contribution in [-0.2, 0) is 11.2 Å². The van der Waals surface area contributed by atoms with Gasteiger partial charge < -0.3 is 4.74 Å². The lowest BCUT2D eigenvalue weighted by atomic mass is 9.80. The van der Waals surface area contributed by atoms with Gasteiger partial charge in [0.25, 0.3) is 0 Å². The Kier molecular flexibility index (Phi) is 9.73. The zero-order chi connectivity index (χ0) is 18.6. The van der Waals surface area contributed by atoms with Crippen molar-refractivity contribution in [3.8, 4) is 5.75 Å². The van der Waals surface area contributed by atoms with Gasteiger partial charge in [0, 0.05) is 5.69 Å². The third kappa shape index (κ3) is 7.47. The number of carbonyl (C=O) groups is 1. The number of hydrogen-bond acceptors (Lipinski definition) is 3. The van der Waals surface area contributed by atoms with Crippen molar-refractivity contribution in [3.05, 3.63) is 24.0 Å². The van der Waals surface area contributed by atoms with Crippen molar-refractivity contribution in [3.63, 3.8) is 0 Å². The molecular formula is C23H37NO2. The molecule has 2 rings (SSSR count). The molecule has 0 saturated heterocycles. The van der Waals surface area contributed by atoms with Gasteiger partial charge in [-0.15, -0.1) is 0 Å². The molecule has 0 atom stereocenters. The molecule has 3 heteroatoms.